The molecule has 0 atom stereocenters. The van der Waals surface area contributed by atoms with Gasteiger partial charge in [0.05, 0.1) is 16.7 Å². The van der Waals surface area contributed by atoms with Crippen LogP contribution in [0.2, 0.25) is 10.0 Å². The Morgan fingerprint density at radius 2 is 2.00 bits per heavy atom. The maximum Gasteiger partial charge on any atom is 0.120 e. The lowest BCUT2D eigenvalue weighted by atomic mass is 10.3. The van der Waals surface area contributed by atoms with Gasteiger partial charge >= 0.3 is 0 Å². The van der Waals surface area contributed by atoms with Crippen molar-refractivity contribution >= 4 is 23.2 Å². The standard InChI is InChI=1S/C12H17Cl2NO/c1-2-15-7-3-4-8-16-10-5-6-11(13)12(14)9-10/h5-6,9,15H,2-4,7-8H2,1H3. The summed E-state index contributed by atoms with van der Waals surface area (Å²) >= 11 is 11.7. The Hall–Kier alpha value is -0.440. The van der Waals surface area contributed by atoms with Gasteiger partial charge in [-0.05, 0) is 38.1 Å². The summed E-state index contributed by atoms with van der Waals surface area (Å²) in [4.78, 5) is 0. The summed E-state index contributed by atoms with van der Waals surface area (Å²) in [6, 6.07) is 5.32. The van der Waals surface area contributed by atoms with E-state index in [4.69, 9.17) is 27.9 Å². The molecule has 0 spiro atoms. The molecular weight excluding hydrogens is 245 g/mol. The molecule has 0 amide bonds. The molecule has 0 unspecified atom stereocenters. The van der Waals surface area contributed by atoms with Crippen LogP contribution in [-0.4, -0.2) is 19.7 Å². The highest BCUT2D eigenvalue weighted by Crippen LogP contribution is 2.26. The Balaban J connectivity index is 2.19. The van der Waals surface area contributed by atoms with Crippen molar-refractivity contribution in [1.29, 1.82) is 0 Å². The highest BCUT2D eigenvalue weighted by Gasteiger charge is 1.99. The molecule has 0 aromatic heterocycles. The second kappa shape index (κ2) is 7.77. The maximum atomic E-state index is 5.87. The summed E-state index contributed by atoms with van der Waals surface area (Å²) in [6.07, 6.45) is 2.16. The first-order chi connectivity index (χ1) is 7.74. The lowest BCUT2D eigenvalue weighted by Crippen LogP contribution is -2.14. The van der Waals surface area contributed by atoms with Crippen molar-refractivity contribution in [2.75, 3.05) is 19.7 Å². The van der Waals surface area contributed by atoms with Gasteiger partial charge in [0, 0.05) is 6.07 Å². The smallest absolute Gasteiger partial charge is 0.120 e. The van der Waals surface area contributed by atoms with Crippen LogP contribution in [-0.2, 0) is 0 Å². The Morgan fingerprint density at radius 1 is 1.19 bits per heavy atom. The van der Waals surface area contributed by atoms with Crippen molar-refractivity contribution in [1.82, 2.24) is 5.32 Å². The van der Waals surface area contributed by atoms with Crippen LogP contribution in [0.25, 0.3) is 0 Å². The van der Waals surface area contributed by atoms with Crippen LogP contribution in [0, 0.1) is 0 Å². The zero-order valence-corrected chi connectivity index (χ0v) is 10.9. The van der Waals surface area contributed by atoms with Crippen molar-refractivity contribution < 1.29 is 4.74 Å². The van der Waals surface area contributed by atoms with Gasteiger partial charge in [-0.3, -0.25) is 0 Å². The highest BCUT2D eigenvalue weighted by atomic mass is 35.5. The zero-order valence-electron chi connectivity index (χ0n) is 9.43. The van der Waals surface area contributed by atoms with E-state index in [2.05, 4.69) is 12.2 Å². The minimum atomic E-state index is 0.534. The average molecular weight is 262 g/mol. The van der Waals surface area contributed by atoms with Crippen LogP contribution < -0.4 is 10.1 Å². The van der Waals surface area contributed by atoms with Crippen LogP contribution in [0.3, 0.4) is 0 Å². The van der Waals surface area contributed by atoms with Crippen LogP contribution in [0.15, 0.2) is 18.2 Å². The Labute approximate surface area is 107 Å². The number of benzene rings is 1. The van der Waals surface area contributed by atoms with Crippen LogP contribution in [0.1, 0.15) is 19.8 Å². The van der Waals surface area contributed by atoms with Crippen molar-refractivity contribution in [2.24, 2.45) is 0 Å². The summed E-state index contributed by atoms with van der Waals surface area (Å²) < 4.78 is 5.55. The first kappa shape index (κ1) is 13.6. The number of ether oxygens (including phenoxy) is 1. The molecule has 0 radical (unpaired) electrons. The molecular formula is C12H17Cl2NO. The number of halogens is 2. The van der Waals surface area contributed by atoms with E-state index in [9.17, 15) is 0 Å². The van der Waals surface area contributed by atoms with Gasteiger partial charge in [-0.25, -0.2) is 0 Å². The molecule has 0 aliphatic rings. The van der Waals surface area contributed by atoms with Crippen LogP contribution in [0.4, 0.5) is 0 Å². The molecule has 1 N–H and O–H groups in total. The molecule has 0 bridgehead atoms. The number of rotatable bonds is 7. The monoisotopic (exact) mass is 261 g/mol. The quantitative estimate of drug-likeness (QED) is 0.755. The van der Waals surface area contributed by atoms with Gasteiger partial charge in [-0.1, -0.05) is 30.1 Å². The predicted molar refractivity (Wildman–Crippen MR) is 69.7 cm³/mol. The number of hydrogen-bond donors (Lipinski definition) is 1. The van der Waals surface area contributed by atoms with E-state index in [1.807, 2.05) is 6.07 Å². The molecule has 0 fully saturated rings. The summed E-state index contributed by atoms with van der Waals surface area (Å²) in [7, 11) is 0. The molecule has 1 rings (SSSR count). The SMILES string of the molecule is CCNCCCCOc1ccc(Cl)c(Cl)c1. The number of hydrogen-bond acceptors (Lipinski definition) is 2. The van der Waals surface area contributed by atoms with Gasteiger partial charge in [-0.15, -0.1) is 0 Å². The number of unbranched alkanes of at least 4 members (excludes halogenated alkanes) is 1. The van der Waals surface area contributed by atoms with Gasteiger partial charge in [0.2, 0.25) is 0 Å². The van der Waals surface area contributed by atoms with Crippen LogP contribution >= 0.6 is 23.2 Å². The fourth-order valence-corrected chi connectivity index (χ4v) is 1.57. The fraction of sp³-hybridized carbons (Fsp3) is 0.500. The van der Waals surface area contributed by atoms with E-state index in [-0.39, 0.29) is 0 Å². The molecule has 1 aromatic rings. The van der Waals surface area contributed by atoms with E-state index >= 15 is 0 Å². The molecule has 16 heavy (non-hydrogen) atoms. The molecule has 90 valence electrons. The Bertz CT molecular complexity index is 318. The third-order valence-corrected chi connectivity index (χ3v) is 2.90. The molecule has 0 heterocycles. The lowest BCUT2D eigenvalue weighted by molar-refractivity contribution is 0.306. The fourth-order valence-electron chi connectivity index (χ4n) is 1.29. The van der Waals surface area contributed by atoms with E-state index < -0.39 is 0 Å². The first-order valence-electron chi connectivity index (χ1n) is 5.52. The van der Waals surface area contributed by atoms with Gasteiger partial charge in [0.25, 0.3) is 0 Å². The highest BCUT2D eigenvalue weighted by molar-refractivity contribution is 6.42. The largest absolute Gasteiger partial charge is 0.494 e. The van der Waals surface area contributed by atoms with Crippen molar-refractivity contribution in [3.63, 3.8) is 0 Å². The van der Waals surface area contributed by atoms with E-state index in [1.165, 1.54) is 0 Å². The minimum Gasteiger partial charge on any atom is -0.494 e. The second-order valence-corrected chi connectivity index (χ2v) is 4.30. The second-order valence-electron chi connectivity index (χ2n) is 3.49. The topological polar surface area (TPSA) is 21.3 Å². The Morgan fingerprint density at radius 3 is 2.69 bits per heavy atom. The van der Waals surface area contributed by atoms with E-state index in [1.54, 1.807) is 12.1 Å². The molecule has 0 aliphatic carbocycles. The van der Waals surface area contributed by atoms with Crippen LogP contribution in [0.5, 0.6) is 5.75 Å². The van der Waals surface area contributed by atoms with Crippen molar-refractivity contribution in [3.8, 4) is 5.75 Å². The van der Waals surface area contributed by atoms with Gasteiger partial charge < -0.3 is 10.1 Å². The van der Waals surface area contributed by atoms with Gasteiger partial charge in [-0.2, -0.15) is 0 Å². The van der Waals surface area contributed by atoms with E-state index in [0.29, 0.717) is 16.7 Å². The van der Waals surface area contributed by atoms with Crippen molar-refractivity contribution in [2.45, 2.75) is 19.8 Å². The van der Waals surface area contributed by atoms with Gasteiger partial charge in [0.15, 0.2) is 0 Å². The normalized spacial score (nSPS) is 10.4. The first-order valence-corrected chi connectivity index (χ1v) is 6.28. The van der Waals surface area contributed by atoms with Gasteiger partial charge in [0.1, 0.15) is 5.75 Å². The summed E-state index contributed by atoms with van der Waals surface area (Å²) in [5, 5.41) is 4.36. The summed E-state index contributed by atoms with van der Waals surface area (Å²) in [6.45, 7) is 4.88. The molecule has 4 heteroatoms. The van der Waals surface area contributed by atoms with Crippen molar-refractivity contribution in [3.05, 3.63) is 28.2 Å². The summed E-state index contributed by atoms with van der Waals surface area (Å²) in [5.74, 6) is 0.776. The number of nitrogens with one attached hydrogen (secondary N) is 1. The maximum absolute atomic E-state index is 5.87. The third-order valence-electron chi connectivity index (χ3n) is 2.16. The molecule has 1 aromatic carbocycles. The predicted octanol–water partition coefficient (Wildman–Crippen LogP) is 3.76. The minimum absolute atomic E-state index is 0.534. The van der Waals surface area contributed by atoms with E-state index in [0.717, 1.165) is 31.7 Å². The third kappa shape index (κ3) is 5.06. The molecule has 0 saturated carbocycles. The molecule has 0 saturated heterocycles. The molecule has 0 aliphatic heterocycles. The lowest BCUT2D eigenvalue weighted by Gasteiger charge is -2.07. The molecule has 2 nitrogen and oxygen atoms in total. The average Bonchev–Trinajstić information content (AvgIpc) is 2.28. The summed E-state index contributed by atoms with van der Waals surface area (Å²) in [5.41, 5.74) is 0. The zero-order chi connectivity index (χ0) is 11.8. The Kier molecular flexibility index (Phi) is 6.62.